The van der Waals surface area contributed by atoms with Gasteiger partial charge in [0.25, 0.3) is 11.8 Å². The third-order valence-electron chi connectivity index (χ3n) is 5.53. The van der Waals surface area contributed by atoms with E-state index >= 15 is 0 Å². The third-order valence-corrected chi connectivity index (χ3v) is 8.12. The number of thioether (sulfide) groups is 1. The van der Waals surface area contributed by atoms with E-state index in [1.54, 1.807) is 13.2 Å². The van der Waals surface area contributed by atoms with Crippen molar-refractivity contribution in [1.82, 2.24) is 4.90 Å². The number of ether oxygens (including phenoxy) is 1. The van der Waals surface area contributed by atoms with Crippen molar-refractivity contribution in [2.45, 2.75) is 32.1 Å². The number of nitrogens with two attached hydrogens (primary N) is 1. The van der Waals surface area contributed by atoms with Gasteiger partial charge in [0.15, 0.2) is 0 Å². The number of anilines is 1. The highest BCUT2D eigenvalue weighted by Gasteiger charge is 2.32. The molecule has 0 bridgehead atoms. The molecule has 3 amide bonds. The number of carbonyl (C=O) groups excluding carboxylic acids is 3. The molecule has 3 N–H and O–H groups in total. The maximum atomic E-state index is 12.9. The molecule has 1 aromatic carbocycles. The molecule has 1 saturated heterocycles. The highest BCUT2D eigenvalue weighted by Crippen LogP contribution is 2.38. The van der Waals surface area contributed by atoms with Gasteiger partial charge in [-0.1, -0.05) is 42.2 Å². The SMILES string of the molecule is COc1ccccc1/C=C1\SC(=S)N(CCC(=O)Nc2sc3c(c2C(N)=O)CCCC3)C1=O. The topological polar surface area (TPSA) is 102 Å². The second kappa shape index (κ2) is 10.1. The van der Waals surface area contributed by atoms with E-state index in [1.165, 1.54) is 28.0 Å². The van der Waals surface area contributed by atoms with E-state index in [-0.39, 0.29) is 24.8 Å². The number of benzene rings is 1. The number of rotatable bonds is 7. The van der Waals surface area contributed by atoms with Gasteiger partial charge >= 0.3 is 0 Å². The van der Waals surface area contributed by atoms with Gasteiger partial charge in [-0.15, -0.1) is 11.3 Å². The Balaban J connectivity index is 1.42. The summed E-state index contributed by atoms with van der Waals surface area (Å²) in [7, 11) is 1.57. The lowest BCUT2D eigenvalue weighted by atomic mass is 9.95. The number of aryl methyl sites for hydroxylation is 1. The van der Waals surface area contributed by atoms with Crippen molar-refractivity contribution in [2.24, 2.45) is 5.73 Å². The van der Waals surface area contributed by atoms with E-state index in [0.29, 0.717) is 25.5 Å². The van der Waals surface area contributed by atoms with Crippen molar-refractivity contribution >= 4 is 68.4 Å². The molecule has 0 unspecified atom stereocenters. The second-order valence-electron chi connectivity index (χ2n) is 7.65. The van der Waals surface area contributed by atoms with Gasteiger partial charge in [0.1, 0.15) is 15.1 Å². The first kappa shape index (κ1) is 23.5. The van der Waals surface area contributed by atoms with Crippen molar-refractivity contribution in [3.63, 3.8) is 0 Å². The van der Waals surface area contributed by atoms with Crippen LogP contribution >= 0.6 is 35.3 Å². The zero-order valence-corrected chi connectivity index (χ0v) is 20.5. The summed E-state index contributed by atoms with van der Waals surface area (Å²) in [5, 5.41) is 3.33. The summed E-state index contributed by atoms with van der Waals surface area (Å²) in [6.07, 6.45) is 5.56. The zero-order valence-electron chi connectivity index (χ0n) is 18.0. The number of hydrogen-bond donors (Lipinski definition) is 2. The Kier molecular flexibility index (Phi) is 7.16. The van der Waals surface area contributed by atoms with E-state index < -0.39 is 5.91 Å². The number of hydrogen-bond acceptors (Lipinski definition) is 7. The number of carbonyl (C=O) groups is 3. The van der Waals surface area contributed by atoms with E-state index in [9.17, 15) is 14.4 Å². The summed E-state index contributed by atoms with van der Waals surface area (Å²) in [6, 6.07) is 7.39. The molecule has 1 aliphatic carbocycles. The monoisotopic (exact) mass is 501 g/mol. The molecule has 4 rings (SSSR count). The lowest BCUT2D eigenvalue weighted by Crippen LogP contribution is -2.31. The molecule has 2 aromatic rings. The van der Waals surface area contributed by atoms with E-state index in [2.05, 4.69) is 5.32 Å². The first-order chi connectivity index (χ1) is 15.9. The minimum atomic E-state index is -0.525. The molecule has 10 heteroatoms. The van der Waals surface area contributed by atoms with E-state index in [4.69, 9.17) is 22.7 Å². The molecule has 7 nitrogen and oxygen atoms in total. The Labute approximate surface area is 205 Å². The van der Waals surface area contributed by atoms with Crippen LogP contribution in [0.4, 0.5) is 5.00 Å². The highest BCUT2D eigenvalue weighted by atomic mass is 32.2. The van der Waals surface area contributed by atoms with Crippen molar-refractivity contribution < 1.29 is 19.1 Å². The zero-order chi connectivity index (χ0) is 23.5. The maximum absolute atomic E-state index is 12.9. The first-order valence-electron chi connectivity index (χ1n) is 10.5. The lowest BCUT2D eigenvalue weighted by molar-refractivity contribution is -0.122. The van der Waals surface area contributed by atoms with Crippen LogP contribution in [0.2, 0.25) is 0 Å². The molecule has 0 radical (unpaired) electrons. The second-order valence-corrected chi connectivity index (χ2v) is 10.4. The molecule has 33 heavy (non-hydrogen) atoms. The Morgan fingerprint density at radius 1 is 1.27 bits per heavy atom. The molecular weight excluding hydrogens is 478 g/mol. The van der Waals surface area contributed by atoms with Crippen LogP contribution in [-0.4, -0.2) is 40.6 Å². The molecule has 0 atom stereocenters. The molecular formula is C23H23N3O4S3. The van der Waals surface area contributed by atoms with E-state index in [1.807, 2.05) is 24.3 Å². The molecule has 2 aliphatic rings. The molecule has 1 aliphatic heterocycles. The molecule has 0 spiro atoms. The fourth-order valence-electron chi connectivity index (χ4n) is 3.94. The van der Waals surface area contributed by atoms with Crippen molar-refractivity contribution in [1.29, 1.82) is 0 Å². The van der Waals surface area contributed by atoms with Crippen LogP contribution in [0.1, 0.15) is 45.6 Å². The fraction of sp³-hybridized carbons (Fsp3) is 0.304. The molecule has 0 saturated carbocycles. The Morgan fingerprint density at radius 3 is 2.79 bits per heavy atom. The maximum Gasteiger partial charge on any atom is 0.266 e. The highest BCUT2D eigenvalue weighted by molar-refractivity contribution is 8.26. The van der Waals surface area contributed by atoms with E-state index in [0.717, 1.165) is 41.7 Å². The number of para-hydroxylation sites is 1. The predicted molar refractivity (Wildman–Crippen MR) is 136 cm³/mol. The van der Waals surface area contributed by atoms with Crippen LogP contribution in [0, 0.1) is 0 Å². The number of methoxy groups -OCH3 is 1. The smallest absolute Gasteiger partial charge is 0.266 e. The number of fused-ring (bicyclic) bond motifs is 1. The van der Waals surface area contributed by atoms with Gasteiger partial charge in [-0.3, -0.25) is 19.3 Å². The quantitative estimate of drug-likeness (QED) is 0.440. The summed E-state index contributed by atoms with van der Waals surface area (Å²) < 4.78 is 5.74. The van der Waals surface area contributed by atoms with Gasteiger partial charge in [0, 0.05) is 23.4 Å². The molecule has 1 fully saturated rings. The lowest BCUT2D eigenvalue weighted by Gasteiger charge is -2.14. The number of amides is 3. The molecule has 2 heterocycles. The van der Waals surface area contributed by atoms with Gasteiger partial charge in [0.2, 0.25) is 5.91 Å². The first-order valence-corrected chi connectivity index (χ1v) is 12.6. The normalized spacial score (nSPS) is 16.8. The Hall–Kier alpha value is -2.69. The van der Waals surface area contributed by atoms with Gasteiger partial charge in [0.05, 0.1) is 17.6 Å². The summed E-state index contributed by atoms with van der Waals surface area (Å²) in [5.74, 6) is -0.402. The molecule has 172 valence electrons. The summed E-state index contributed by atoms with van der Waals surface area (Å²) in [4.78, 5) is 40.6. The summed E-state index contributed by atoms with van der Waals surface area (Å²) in [6.45, 7) is 0.150. The Bertz CT molecular complexity index is 1170. The number of nitrogens with one attached hydrogen (secondary N) is 1. The largest absolute Gasteiger partial charge is 0.496 e. The summed E-state index contributed by atoms with van der Waals surface area (Å²) >= 11 is 7.99. The minimum Gasteiger partial charge on any atom is -0.496 e. The number of thiocarbonyl (C=S) groups is 1. The van der Waals surface area contributed by atoms with Crippen LogP contribution in [0.15, 0.2) is 29.2 Å². The van der Waals surface area contributed by atoms with Crippen LogP contribution in [0.3, 0.4) is 0 Å². The van der Waals surface area contributed by atoms with Gasteiger partial charge < -0.3 is 15.8 Å². The van der Waals surface area contributed by atoms with Crippen molar-refractivity contribution in [3.05, 3.63) is 50.7 Å². The molecule has 1 aromatic heterocycles. The van der Waals surface area contributed by atoms with Gasteiger partial charge in [-0.25, -0.2) is 0 Å². The van der Waals surface area contributed by atoms with Crippen LogP contribution < -0.4 is 15.8 Å². The fourth-order valence-corrected chi connectivity index (χ4v) is 6.55. The minimum absolute atomic E-state index is 0.0507. The number of thiophene rings is 1. The van der Waals surface area contributed by atoms with Crippen LogP contribution in [0.25, 0.3) is 6.08 Å². The van der Waals surface area contributed by atoms with Crippen LogP contribution in [0.5, 0.6) is 5.75 Å². The van der Waals surface area contributed by atoms with Crippen LogP contribution in [-0.2, 0) is 22.4 Å². The average Bonchev–Trinajstić information content (AvgIpc) is 3.29. The van der Waals surface area contributed by atoms with Crippen molar-refractivity contribution in [3.8, 4) is 5.75 Å². The number of primary amides is 1. The standard InChI is InChI=1S/C23H23N3O4S3/c1-30-15-8-4-2-6-13(15)12-17-22(29)26(23(31)33-17)11-10-18(27)25-21-19(20(24)28)14-7-3-5-9-16(14)32-21/h2,4,6,8,12H,3,5,7,9-11H2,1H3,(H2,24,28)(H,25,27)/b17-12-. The number of nitrogens with zero attached hydrogens (tertiary/aromatic N) is 1. The average molecular weight is 502 g/mol. The van der Waals surface area contributed by atoms with Gasteiger partial charge in [-0.2, -0.15) is 0 Å². The van der Waals surface area contributed by atoms with Crippen molar-refractivity contribution in [2.75, 3.05) is 19.0 Å². The third kappa shape index (κ3) is 4.97. The predicted octanol–water partition coefficient (Wildman–Crippen LogP) is 3.96. The Morgan fingerprint density at radius 2 is 2.03 bits per heavy atom. The summed E-state index contributed by atoms with van der Waals surface area (Å²) in [5.41, 5.74) is 7.76. The van der Waals surface area contributed by atoms with Gasteiger partial charge in [-0.05, 0) is 43.4 Å².